The van der Waals surface area contributed by atoms with E-state index in [4.69, 9.17) is 5.73 Å². The number of nitrogens with one attached hydrogen (secondary N) is 1. The Balaban J connectivity index is 2.19. The number of imidazole rings is 1. The Hall–Kier alpha value is -1.63. The van der Waals surface area contributed by atoms with E-state index in [1.54, 1.807) is 10.6 Å². The van der Waals surface area contributed by atoms with Crippen LogP contribution < -0.4 is 11.1 Å². The number of carbonyl (C=O) groups excluding carboxylic acids is 1. The third kappa shape index (κ3) is 1.66. The maximum Gasteiger partial charge on any atom is 0.222 e. The molecule has 1 aliphatic rings. The van der Waals surface area contributed by atoms with Gasteiger partial charge in [-0.15, -0.1) is 0 Å². The molecule has 5 nitrogen and oxygen atoms in total. The maximum atomic E-state index is 13.6. The van der Waals surface area contributed by atoms with Gasteiger partial charge in [0, 0.05) is 19.0 Å². The highest BCUT2D eigenvalue weighted by atomic mass is 79.9. The third-order valence-corrected chi connectivity index (χ3v) is 3.69. The van der Waals surface area contributed by atoms with E-state index in [9.17, 15) is 9.18 Å². The van der Waals surface area contributed by atoms with E-state index < -0.39 is 0 Å². The first-order valence-corrected chi connectivity index (χ1v) is 6.24. The van der Waals surface area contributed by atoms with Crippen LogP contribution in [0.25, 0.3) is 11.0 Å². The Kier molecular flexibility index (Phi) is 2.51. The number of hydrogen-bond acceptors (Lipinski definition) is 3. The lowest BCUT2D eigenvalue weighted by Crippen LogP contribution is -2.16. The molecule has 1 aromatic carbocycles. The van der Waals surface area contributed by atoms with E-state index in [1.807, 2.05) is 0 Å². The lowest BCUT2D eigenvalue weighted by molar-refractivity contribution is -0.119. The molecule has 2 heterocycles. The summed E-state index contributed by atoms with van der Waals surface area (Å²) < 4.78 is 15.6. The quantitative estimate of drug-likeness (QED) is 0.839. The monoisotopic (exact) mass is 312 g/mol. The van der Waals surface area contributed by atoms with Gasteiger partial charge < -0.3 is 15.6 Å². The number of anilines is 1. The highest BCUT2D eigenvalue weighted by Gasteiger charge is 2.26. The fraction of sp³-hybridized carbons (Fsp3) is 0.273. The van der Waals surface area contributed by atoms with Gasteiger partial charge in [-0.1, -0.05) is 0 Å². The second kappa shape index (κ2) is 3.94. The van der Waals surface area contributed by atoms with E-state index >= 15 is 0 Å². The van der Waals surface area contributed by atoms with Crippen molar-refractivity contribution < 1.29 is 9.18 Å². The Morgan fingerprint density at radius 3 is 3.00 bits per heavy atom. The minimum absolute atomic E-state index is 0.0289. The predicted molar refractivity (Wildman–Crippen MR) is 68.5 cm³/mol. The molecule has 0 radical (unpaired) electrons. The van der Waals surface area contributed by atoms with Crippen molar-refractivity contribution in [1.29, 1.82) is 0 Å². The fourth-order valence-corrected chi connectivity index (χ4v) is 2.60. The summed E-state index contributed by atoms with van der Waals surface area (Å²) in [5.74, 6) is -0.108. The number of amides is 1. The molecule has 1 amide bonds. The molecule has 94 valence electrons. The van der Waals surface area contributed by atoms with Crippen molar-refractivity contribution >= 4 is 38.8 Å². The van der Waals surface area contributed by atoms with Crippen LogP contribution >= 0.6 is 15.9 Å². The van der Waals surface area contributed by atoms with Crippen LogP contribution in [0.15, 0.2) is 16.6 Å². The Morgan fingerprint density at radius 2 is 2.33 bits per heavy atom. The SMILES string of the molecule is Nc1nc2cc(Br)c(F)cc2n1C1CNC(=O)C1. The van der Waals surface area contributed by atoms with Gasteiger partial charge in [0.15, 0.2) is 0 Å². The van der Waals surface area contributed by atoms with Gasteiger partial charge in [0.2, 0.25) is 11.9 Å². The second-order valence-corrected chi connectivity index (χ2v) is 5.11. The van der Waals surface area contributed by atoms with E-state index in [0.29, 0.717) is 34.4 Å². The summed E-state index contributed by atoms with van der Waals surface area (Å²) >= 11 is 3.11. The minimum Gasteiger partial charge on any atom is -0.369 e. The van der Waals surface area contributed by atoms with Crippen molar-refractivity contribution in [2.75, 3.05) is 12.3 Å². The summed E-state index contributed by atoms with van der Waals surface area (Å²) in [6.45, 7) is 0.492. The first-order valence-electron chi connectivity index (χ1n) is 5.45. The highest BCUT2D eigenvalue weighted by Crippen LogP contribution is 2.29. The fourth-order valence-electron chi connectivity index (χ4n) is 2.27. The molecule has 0 saturated carbocycles. The smallest absolute Gasteiger partial charge is 0.222 e. The predicted octanol–water partition coefficient (Wildman–Crippen LogP) is 1.58. The molecule has 2 aromatic rings. The normalized spacial score (nSPS) is 19.4. The Bertz CT molecular complexity index is 654. The van der Waals surface area contributed by atoms with Gasteiger partial charge in [-0.25, -0.2) is 9.37 Å². The van der Waals surface area contributed by atoms with Crippen molar-refractivity contribution in [1.82, 2.24) is 14.9 Å². The number of rotatable bonds is 1. The summed E-state index contributed by atoms with van der Waals surface area (Å²) in [6, 6.07) is 2.86. The van der Waals surface area contributed by atoms with Gasteiger partial charge >= 0.3 is 0 Å². The molecule has 1 atom stereocenters. The van der Waals surface area contributed by atoms with Gasteiger partial charge in [0.05, 0.1) is 21.5 Å². The van der Waals surface area contributed by atoms with Crippen molar-refractivity contribution in [3.8, 4) is 0 Å². The van der Waals surface area contributed by atoms with Gasteiger partial charge in [-0.05, 0) is 22.0 Å². The maximum absolute atomic E-state index is 13.6. The Labute approximate surface area is 110 Å². The summed E-state index contributed by atoms with van der Waals surface area (Å²) in [5.41, 5.74) is 7.07. The molecule has 1 aliphatic heterocycles. The lowest BCUT2D eigenvalue weighted by atomic mass is 10.2. The largest absolute Gasteiger partial charge is 0.369 e. The van der Waals surface area contributed by atoms with Crippen LogP contribution in [0.5, 0.6) is 0 Å². The molecule has 3 rings (SSSR count). The summed E-state index contributed by atoms with van der Waals surface area (Å²) in [5, 5.41) is 2.73. The van der Waals surface area contributed by atoms with Crippen LogP contribution in [-0.2, 0) is 4.79 Å². The zero-order valence-electron chi connectivity index (χ0n) is 9.28. The average molecular weight is 313 g/mol. The van der Waals surface area contributed by atoms with E-state index in [-0.39, 0.29) is 17.8 Å². The number of benzene rings is 1. The Morgan fingerprint density at radius 1 is 1.56 bits per heavy atom. The van der Waals surface area contributed by atoms with Gasteiger partial charge in [-0.3, -0.25) is 4.79 Å². The van der Waals surface area contributed by atoms with Crippen LogP contribution in [0.1, 0.15) is 12.5 Å². The zero-order chi connectivity index (χ0) is 12.9. The van der Waals surface area contributed by atoms with E-state index in [2.05, 4.69) is 26.2 Å². The van der Waals surface area contributed by atoms with Gasteiger partial charge in [0.25, 0.3) is 0 Å². The lowest BCUT2D eigenvalue weighted by Gasteiger charge is -2.12. The molecule has 1 aromatic heterocycles. The zero-order valence-corrected chi connectivity index (χ0v) is 10.9. The van der Waals surface area contributed by atoms with Crippen LogP contribution in [-0.4, -0.2) is 22.0 Å². The highest BCUT2D eigenvalue weighted by molar-refractivity contribution is 9.10. The number of fused-ring (bicyclic) bond motifs is 1. The van der Waals surface area contributed by atoms with Gasteiger partial charge in [0.1, 0.15) is 5.82 Å². The topological polar surface area (TPSA) is 72.9 Å². The van der Waals surface area contributed by atoms with E-state index in [1.165, 1.54) is 6.07 Å². The third-order valence-electron chi connectivity index (χ3n) is 3.08. The molecule has 0 spiro atoms. The molecule has 1 unspecified atom stereocenters. The minimum atomic E-state index is -0.374. The molecule has 1 saturated heterocycles. The molecular formula is C11H10BrFN4O. The first kappa shape index (κ1) is 11.5. The second-order valence-electron chi connectivity index (χ2n) is 4.26. The summed E-state index contributed by atoms with van der Waals surface area (Å²) in [4.78, 5) is 15.4. The molecule has 1 fully saturated rings. The van der Waals surface area contributed by atoms with Crippen molar-refractivity contribution in [3.63, 3.8) is 0 Å². The molecule has 3 N–H and O–H groups in total. The van der Waals surface area contributed by atoms with Crippen LogP contribution in [0, 0.1) is 5.82 Å². The number of nitrogen functional groups attached to an aromatic ring is 1. The number of nitrogens with two attached hydrogens (primary N) is 1. The standard InChI is InChI=1S/C11H10BrFN4O/c12-6-2-8-9(3-7(6)13)17(11(14)16-8)5-1-10(18)15-4-5/h2-3,5H,1,4H2,(H2,14,16)(H,15,18). The number of halogens is 2. The molecule has 0 bridgehead atoms. The molecule has 7 heteroatoms. The average Bonchev–Trinajstić information content (AvgIpc) is 2.83. The molecule has 0 aliphatic carbocycles. The number of nitrogens with zero attached hydrogens (tertiary/aromatic N) is 2. The van der Waals surface area contributed by atoms with E-state index in [0.717, 1.165) is 0 Å². The molecule has 18 heavy (non-hydrogen) atoms. The number of hydrogen-bond donors (Lipinski definition) is 2. The number of carbonyl (C=O) groups is 1. The molecular weight excluding hydrogens is 303 g/mol. The van der Waals surface area contributed by atoms with Crippen LogP contribution in [0.3, 0.4) is 0 Å². The van der Waals surface area contributed by atoms with Gasteiger partial charge in [-0.2, -0.15) is 0 Å². The summed E-state index contributed by atoms with van der Waals surface area (Å²) in [6.07, 6.45) is 0.341. The number of aromatic nitrogens is 2. The van der Waals surface area contributed by atoms with Crippen molar-refractivity contribution in [2.24, 2.45) is 0 Å². The summed E-state index contributed by atoms with van der Waals surface area (Å²) in [7, 11) is 0. The van der Waals surface area contributed by atoms with Crippen molar-refractivity contribution in [2.45, 2.75) is 12.5 Å². The van der Waals surface area contributed by atoms with Crippen LogP contribution in [0.2, 0.25) is 0 Å². The van der Waals surface area contributed by atoms with Crippen molar-refractivity contribution in [3.05, 3.63) is 22.4 Å². The van der Waals surface area contributed by atoms with Crippen LogP contribution in [0.4, 0.5) is 10.3 Å². The first-order chi connectivity index (χ1) is 8.56.